The fourth-order valence-corrected chi connectivity index (χ4v) is 2.90. The van der Waals surface area contributed by atoms with E-state index in [-0.39, 0.29) is 5.91 Å². The molecule has 0 spiro atoms. The summed E-state index contributed by atoms with van der Waals surface area (Å²) < 4.78 is 3.91. The third-order valence-corrected chi connectivity index (χ3v) is 4.14. The summed E-state index contributed by atoms with van der Waals surface area (Å²) in [6.07, 6.45) is 9.21. The van der Waals surface area contributed by atoms with Crippen LogP contribution in [0.15, 0.2) is 37.1 Å². The zero-order chi connectivity index (χ0) is 14.9. The predicted molar refractivity (Wildman–Crippen MR) is 79.4 cm³/mol. The Bertz CT molecular complexity index is 820. The van der Waals surface area contributed by atoms with Gasteiger partial charge in [0.25, 0.3) is 5.91 Å². The van der Waals surface area contributed by atoms with E-state index in [4.69, 9.17) is 0 Å². The van der Waals surface area contributed by atoms with Crippen molar-refractivity contribution in [3.05, 3.63) is 48.4 Å². The van der Waals surface area contributed by atoms with Gasteiger partial charge in [0, 0.05) is 38.1 Å². The number of imidazole rings is 1. The van der Waals surface area contributed by atoms with Gasteiger partial charge in [0.1, 0.15) is 12.2 Å². The summed E-state index contributed by atoms with van der Waals surface area (Å²) in [7, 11) is 0. The summed E-state index contributed by atoms with van der Waals surface area (Å²) in [5.74, 6) is 1.52. The van der Waals surface area contributed by atoms with Gasteiger partial charge in [-0.05, 0) is 24.5 Å². The molecule has 1 N–H and O–H groups in total. The highest BCUT2D eigenvalue weighted by Gasteiger charge is 2.19. The molecule has 1 atom stereocenters. The van der Waals surface area contributed by atoms with Gasteiger partial charge in [0.2, 0.25) is 0 Å². The maximum absolute atomic E-state index is 12.3. The molecule has 0 saturated carbocycles. The average Bonchev–Trinajstić information content (AvgIpc) is 3.19. The second-order valence-electron chi connectivity index (χ2n) is 5.62. The molecule has 4 heterocycles. The quantitative estimate of drug-likeness (QED) is 0.779. The van der Waals surface area contributed by atoms with Crippen LogP contribution in [0.4, 0.5) is 0 Å². The first-order chi connectivity index (χ1) is 10.8. The van der Waals surface area contributed by atoms with Crippen LogP contribution >= 0.6 is 0 Å². The first-order valence-corrected chi connectivity index (χ1v) is 7.37. The van der Waals surface area contributed by atoms with E-state index in [1.54, 1.807) is 29.1 Å². The minimum absolute atomic E-state index is 0.0629. The Balaban J connectivity index is 1.40. The van der Waals surface area contributed by atoms with Crippen molar-refractivity contribution in [2.24, 2.45) is 5.92 Å². The Morgan fingerprint density at radius 1 is 1.41 bits per heavy atom. The topological polar surface area (TPSA) is 77.1 Å². The van der Waals surface area contributed by atoms with E-state index in [1.165, 1.54) is 0 Å². The van der Waals surface area contributed by atoms with Crippen molar-refractivity contribution in [3.63, 3.8) is 0 Å². The molecule has 0 aromatic carbocycles. The van der Waals surface area contributed by atoms with Crippen LogP contribution in [0, 0.1) is 5.92 Å². The number of carbonyl (C=O) groups excluding carboxylic acids is 1. The Hall–Kier alpha value is -2.70. The van der Waals surface area contributed by atoms with Crippen LogP contribution in [0.2, 0.25) is 0 Å². The molecule has 0 aliphatic carbocycles. The van der Waals surface area contributed by atoms with Crippen LogP contribution in [0.25, 0.3) is 5.65 Å². The van der Waals surface area contributed by atoms with Gasteiger partial charge in [0.05, 0.1) is 5.56 Å². The molecule has 0 saturated heterocycles. The van der Waals surface area contributed by atoms with Crippen molar-refractivity contribution >= 4 is 11.6 Å². The molecule has 3 aromatic heterocycles. The zero-order valence-electron chi connectivity index (χ0n) is 12.0. The molecule has 1 aliphatic heterocycles. The molecule has 112 valence electrons. The van der Waals surface area contributed by atoms with E-state index in [0.29, 0.717) is 18.0 Å². The SMILES string of the molecule is O=C(NC[C@H]1CCc2nccn2C1)c1ccc2nncn2c1. The number of amides is 1. The molecule has 4 rings (SSSR count). The lowest BCUT2D eigenvalue weighted by atomic mass is 9.99. The normalized spacial score (nSPS) is 17.4. The predicted octanol–water partition coefficient (Wildman–Crippen LogP) is 0.918. The monoisotopic (exact) mass is 296 g/mol. The molecule has 0 radical (unpaired) electrons. The van der Waals surface area contributed by atoms with Gasteiger partial charge in [-0.25, -0.2) is 4.98 Å². The molecule has 22 heavy (non-hydrogen) atoms. The average molecular weight is 296 g/mol. The summed E-state index contributed by atoms with van der Waals surface area (Å²) in [4.78, 5) is 16.6. The number of rotatable bonds is 3. The van der Waals surface area contributed by atoms with Crippen LogP contribution in [0.1, 0.15) is 22.6 Å². The molecule has 0 fully saturated rings. The van der Waals surface area contributed by atoms with Crippen molar-refractivity contribution in [1.29, 1.82) is 0 Å². The van der Waals surface area contributed by atoms with Crippen LogP contribution in [0.3, 0.4) is 0 Å². The number of nitrogens with zero attached hydrogens (tertiary/aromatic N) is 5. The first-order valence-electron chi connectivity index (χ1n) is 7.37. The van der Waals surface area contributed by atoms with Gasteiger partial charge < -0.3 is 9.88 Å². The van der Waals surface area contributed by atoms with Gasteiger partial charge in [0.15, 0.2) is 5.65 Å². The highest BCUT2D eigenvalue weighted by molar-refractivity contribution is 5.94. The number of carbonyl (C=O) groups is 1. The third kappa shape index (κ3) is 2.34. The van der Waals surface area contributed by atoms with Gasteiger partial charge in [-0.3, -0.25) is 9.20 Å². The Kier molecular flexibility index (Phi) is 3.10. The van der Waals surface area contributed by atoms with Crippen molar-refractivity contribution in [2.75, 3.05) is 6.54 Å². The smallest absolute Gasteiger partial charge is 0.252 e. The Labute approximate surface area is 127 Å². The largest absolute Gasteiger partial charge is 0.352 e. The highest BCUT2D eigenvalue weighted by Crippen LogP contribution is 2.18. The minimum Gasteiger partial charge on any atom is -0.352 e. The van der Waals surface area contributed by atoms with Crippen molar-refractivity contribution < 1.29 is 4.79 Å². The van der Waals surface area contributed by atoms with Crippen LogP contribution < -0.4 is 5.32 Å². The number of aryl methyl sites for hydroxylation is 1. The molecular formula is C15H16N6O. The lowest BCUT2D eigenvalue weighted by Gasteiger charge is -2.23. The maximum Gasteiger partial charge on any atom is 0.252 e. The molecule has 7 nitrogen and oxygen atoms in total. The number of hydrogen-bond donors (Lipinski definition) is 1. The molecular weight excluding hydrogens is 280 g/mol. The third-order valence-electron chi connectivity index (χ3n) is 4.14. The minimum atomic E-state index is -0.0629. The van der Waals surface area contributed by atoms with Crippen molar-refractivity contribution in [1.82, 2.24) is 29.5 Å². The van der Waals surface area contributed by atoms with Crippen molar-refractivity contribution in [2.45, 2.75) is 19.4 Å². The number of nitrogens with one attached hydrogen (secondary N) is 1. The van der Waals surface area contributed by atoms with E-state index in [2.05, 4.69) is 25.1 Å². The maximum atomic E-state index is 12.3. The Morgan fingerprint density at radius 2 is 2.36 bits per heavy atom. The fourth-order valence-electron chi connectivity index (χ4n) is 2.90. The number of fused-ring (bicyclic) bond motifs is 2. The highest BCUT2D eigenvalue weighted by atomic mass is 16.1. The van der Waals surface area contributed by atoms with E-state index in [9.17, 15) is 4.79 Å². The molecule has 1 amide bonds. The molecule has 0 bridgehead atoms. The summed E-state index contributed by atoms with van der Waals surface area (Å²) >= 11 is 0. The van der Waals surface area contributed by atoms with Crippen LogP contribution in [-0.2, 0) is 13.0 Å². The zero-order valence-corrected chi connectivity index (χ0v) is 12.0. The Morgan fingerprint density at radius 3 is 3.32 bits per heavy atom. The first kappa shape index (κ1) is 13.0. The summed E-state index contributed by atoms with van der Waals surface area (Å²) in [5, 5.41) is 10.8. The van der Waals surface area contributed by atoms with Gasteiger partial charge in [-0.1, -0.05) is 0 Å². The molecule has 7 heteroatoms. The summed E-state index contributed by atoms with van der Waals surface area (Å²) in [5.41, 5.74) is 1.35. The molecule has 1 aliphatic rings. The summed E-state index contributed by atoms with van der Waals surface area (Å²) in [6.45, 7) is 1.59. The van der Waals surface area contributed by atoms with Gasteiger partial charge >= 0.3 is 0 Å². The lowest BCUT2D eigenvalue weighted by Crippen LogP contribution is -2.33. The molecule has 3 aromatic rings. The van der Waals surface area contributed by atoms with E-state index in [1.807, 2.05) is 12.4 Å². The van der Waals surface area contributed by atoms with Crippen LogP contribution in [0.5, 0.6) is 0 Å². The second kappa shape index (κ2) is 5.25. The molecule has 0 unspecified atom stereocenters. The van der Waals surface area contributed by atoms with E-state index in [0.717, 1.165) is 30.9 Å². The fraction of sp³-hybridized carbons (Fsp3) is 0.333. The number of hydrogen-bond acceptors (Lipinski definition) is 4. The van der Waals surface area contributed by atoms with Gasteiger partial charge in [-0.2, -0.15) is 0 Å². The van der Waals surface area contributed by atoms with Crippen LogP contribution in [-0.4, -0.2) is 36.6 Å². The number of pyridine rings is 1. The summed E-state index contributed by atoms with van der Waals surface area (Å²) in [6, 6.07) is 3.56. The van der Waals surface area contributed by atoms with E-state index < -0.39 is 0 Å². The van der Waals surface area contributed by atoms with E-state index >= 15 is 0 Å². The van der Waals surface area contributed by atoms with Gasteiger partial charge in [-0.15, -0.1) is 10.2 Å². The van der Waals surface area contributed by atoms with Crippen molar-refractivity contribution in [3.8, 4) is 0 Å². The lowest BCUT2D eigenvalue weighted by molar-refractivity contribution is 0.0943. The second-order valence-corrected chi connectivity index (χ2v) is 5.62. The standard InChI is InChI=1S/C15H16N6O/c22-15(12-2-4-14-19-18-10-21(14)9-12)17-7-11-1-3-13-16-5-6-20(13)8-11/h2,4-6,9-11H,1,3,7-8H2,(H,17,22)/t11-/m1/s1. The number of aromatic nitrogens is 5.